The van der Waals surface area contributed by atoms with E-state index in [1.54, 1.807) is 20.8 Å². The summed E-state index contributed by atoms with van der Waals surface area (Å²) >= 11 is 0. The van der Waals surface area contributed by atoms with E-state index in [2.05, 4.69) is 11.8 Å². The number of nitrogens with zero attached hydrogens (tertiary/aromatic N) is 1. The van der Waals surface area contributed by atoms with Crippen LogP contribution in [-0.2, 0) is 19.6 Å². The minimum absolute atomic E-state index is 0.200. The number of sulfonamides is 1. The number of ether oxygens (including phenoxy) is 1. The predicted molar refractivity (Wildman–Crippen MR) is 107 cm³/mol. The van der Waals surface area contributed by atoms with Crippen molar-refractivity contribution < 1.29 is 27.9 Å². The van der Waals surface area contributed by atoms with E-state index in [9.17, 15) is 18.0 Å². The van der Waals surface area contributed by atoms with Gasteiger partial charge in [-0.1, -0.05) is 30.0 Å². The zero-order valence-electron chi connectivity index (χ0n) is 16.2. The topological polar surface area (TPSA) is 101 Å². The highest BCUT2D eigenvalue weighted by molar-refractivity contribution is 7.89. The highest BCUT2D eigenvalue weighted by Crippen LogP contribution is 2.19. The van der Waals surface area contributed by atoms with Crippen LogP contribution in [0.25, 0.3) is 0 Å². The lowest BCUT2D eigenvalue weighted by molar-refractivity contribution is -0.137. The Labute approximate surface area is 170 Å². The Morgan fingerprint density at radius 1 is 0.966 bits per heavy atom. The van der Waals surface area contributed by atoms with Crippen molar-refractivity contribution in [2.24, 2.45) is 0 Å². The minimum Gasteiger partial charge on any atom is -0.480 e. The first-order valence-corrected chi connectivity index (χ1v) is 10.1. The van der Waals surface area contributed by atoms with Gasteiger partial charge in [-0.2, -0.15) is 4.31 Å². The number of carbonyl (C=O) groups excluding carboxylic acids is 1. The van der Waals surface area contributed by atoms with E-state index in [-0.39, 0.29) is 9.20 Å². The van der Waals surface area contributed by atoms with Crippen LogP contribution in [-0.4, -0.2) is 42.0 Å². The fourth-order valence-electron chi connectivity index (χ4n) is 2.19. The summed E-state index contributed by atoms with van der Waals surface area (Å²) in [5, 5.41) is 9.03. The molecule has 29 heavy (non-hydrogen) atoms. The summed E-state index contributed by atoms with van der Waals surface area (Å²) in [6.07, 6.45) is -1.26. The molecule has 0 saturated carbocycles. The SMILES string of the molecule is CC(C)(C)OC(=O)N(CC(=O)O)S(=O)(=O)c1ccc(C#Cc2ccccc2)cc1. The van der Waals surface area contributed by atoms with Crippen molar-refractivity contribution >= 4 is 22.1 Å². The lowest BCUT2D eigenvalue weighted by Crippen LogP contribution is -2.43. The molecule has 0 radical (unpaired) electrons. The summed E-state index contributed by atoms with van der Waals surface area (Å²) in [6.45, 7) is 3.61. The summed E-state index contributed by atoms with van der Waals surface area (Å²) in [5.74, 6) is 4.38. The second-order valence-corrected chi connectivity index (χ2v) is 8.89. The van der Waals surface area contributed by atoms with E-state index in [1.165, 1.54) is 24.3 Å². The molecule has 0 aliphatic heterocycles. The quantitative estimate of drug-likeness (QED) is 0.770. The van der Waals surface area contributed by atoms with E-state index in [0.29, 0.717) is 5.56 Å². The molecule has 2 aromatic rings. The van der Waals surface area contributed by atoms with Gasteiger partial charge in [-0.15, -0.1) is 0 Å². The van der Waals surface area contributed by atoms with Crippen molar-refractivity contribution in [3.8, 4) is 11.8 Å². The molecule has 0 aromatic heterocycles. The normalized spacial score (nSPS) is 11.1. The molecule has 0 bridgehead atoms. The van der Waals surface area contributed by atoms with E-state index in [4.69, 9.17) is 9.84 Å². The molecule has 2 aromatic carbocycles. The van der Waals surface area contributed by atoms with Gasteiger partial charge in [-0.25, -0.2) is 13.2 Å². The Morgan fingerprint density at radius 2 is 1.48 bits per heavy atom. The molecule has 1 N–H and O–H groups in total. The third-order valence-corrected chi connectivity index (χ3v) is 5.17. The maximum absolute atomic E-state index is 12.8. The summed E-state index contributed by atoms with van der Waals surface area (Å²) in [6, 6.07) is 14.8. The van der Waals surface area contributed by atoms with E-state index < -0.39 is 34.2 Å². The van der Waals surface area contributed by atoms with Gasteiger partial charge in [0.2, 0.25) is 0 Å². The Kier molecular flexibility index (Phi) is 6.67. The van der Waals surface area contributed by atoms with Gasteiger partial charge in [-0.05, 0) is 57.2 Å². The van der Waals surface area contributed by atoms with Crippen LogP contribution in [0, 0.1) is 11.8 Å². The van der Waals surface area contributed by atoms with Crippen LogP contribution < -0.4 is 0 Å². The van der Waals surface area contributed by atoms with Crippen LogP contribution in [0.5, 0.6) is 0 Å². The van der Waals surface area contributed by atoms with Gasteiger partial charge < -0.3 is 9.84 Å². The van der Waals surface area contributed by atoms with Crippen LogP contribution in [0.4, 0.5) is 4.79 Å². The number of carbonyl (C=O) groups is 2. The van der Waals surface area contributed by atoms with Gasteiger partial charge >= 0.3 is 12.1 Å². The Bertz CT molecular complexity index is 1040. The summed E-state index contributed by atoms with van der Waals surface area (Å²) in [5.41, 5.74) is 0.386. The number of hydrogen-bond donors (Lipinski definition) is 1. The lowest BCUT2D eigenvalue weighted by Gasteiger charge is -2.26. The summed E-state index contributed by atoms with van der Waals surface area (Å²) in [7, 11) is -4.42. The van der Waals surface area contributed by atoms with Crippen molar-refractivity contribution in [3.63, 3.8) is 0 Å². The molecule has 0 aliphatic carbocycles. The molecule has 0 heterocycles. The molecule has 0 spiro atoms. The predicted octanol–water partition coefficient (Wildman–Crippen LogP) is 3.10. The highest BCUT2D eigenvalue weighted by Gasteiger charge is 2.34. The van der Waals surface area contributed by atoms with Gasteiger partial charge in [0, 0.05) is 11.1 Å². The van der Waals surface area contributed by atoms with Crippen LogP contribution in [0.1, 0.15) is 31.9 Å². The zero-order valence-corrected chi connectivity index (χ0v) is 17.1. The number of carboxylic acids is 1. The maximum atomic E-state index is 12.8. The van der Waals surface area contributed by atoms with Crippen LogP contribution in [0.15, 0.2) is 59.5 Å². The van der Waals surface area contributed by atoms with Crippen molar-refractivity contribution in [3.05, 3.63) is 65.7 Å². The molecule has 2 rings (SSSR count). The summed E-state index contributed by atoms with van der Waals surface area (Å²) in [4.78, 5) is 23.1. The monoisotopic (exact) mass is 415 g/mol. The average molecular weight is 415 g/mol. The molecule has 1 amide bonds. The van der Waals surface area contributed by atoms with Crippen molar-refractivity contribution in [1.29, 1.82) is 0 Å². The van der Waals surface area contributed by atoms with Gasteiger partial charge in [0.25, 0.3) is 10.0 Å². The largest absolute Gasteiger partial charge is 0.480 e. The van der Waals surface area contributed by atoms with E-state index in [0.717, 1.165) is 5.56 Å². The first kappa shape index (κ1) is 22.0. The molecule has 0 aliphatic rings. The smallest absolute Gasteiger partial charge is 0.424 e. The fourth-order valence-corrected chi connectivity index (χ4v) is 3.44. The molecule has 8 heteroatoms. The molecule has 0 fully saturated rings. The number of amides is 1. The number of rotatable bonds is 4. The molecule has 7 nitrogen and oxygen atoms in total. The van der Waals surface area contributed by atoms with Crippen LogP contribution in [0.3, 0.4) is 0 Å². The first-order valence-electron chi connectivity index (χ1n) is 8.64. The second kappa shape index (κ2) is 8.80. The lowest BCUT2D eigenvalue weighted by atomic mass is 10.2. The van der Waals surface area contributed by atoms with Gasteiger partial charge in [-0.3, -0.25) is 4.79 Å². The second-order valence-electron chi connectivity index (χ2n) is 7.03. The van der Waals surface area contributed by atoms with E-state index >= 15 is 0 Å². The summed E-state index contributed by atoms with van der Waals surface area (Å²) < 4.78 is 30.9. The Hall–Kier alpha value is -3.31. The minimum atomic E-state index is -4.42. The number of carboxylic acid groups (broad SMARTS) is 1. The van der Waals surface area contributed by atoms with Gasteiger partial charge in [0.15, 0.2) is 0 Å². The zero-order chi connectivity index (χ0) is 21.7. The van der Waals surface area contributed by atoms with Gasteiger partial charge in [0.1, 0.15) is 12.1 Å². The first-order chi connectivity index (χ1) is 13.5. The average Bonchev–Trinajstić information content (AvgIpc) is 2.64. The Balaban J connectivity index is 2.30. The molecule has 152 valence electrons. The third kappa shape index (κ3) is 6.36. The van der Waals surface area contributed by atoms with Gasteiger partial charge in [0.05, 0.1) is 4.90 Å². The Morgan fingerprint density at radius 3 is 1.97 bits per heavy atom. The number of benzene rings is 2. The number of aliphatic carboxylic acids is 1. The van der Waals surface area contributed by atoms with Crippen molar-refractivity contribution in [2.45, 2.75) is 31.3 Å². The molecular weight excluding hydrogens is 394 g/mol. The molecule has 0 unspecified atom stereocenters. The fraction of sp³-hybridized carbons (Fsp3) is 0.238. The standard InChI is InChI=1S/C21H21NO6S/c1-21(2,3)28-20(25)22(15-19(23)24)29(26,27)18-13-11-17(12-14-18)10-9-16-7-5-4-6-8-16/h4-8,11-14H,15H2,1-3H3,(H,23,24). The van der Waals surface area contributed by atoms with Crippen LogP contribution >= 0.6 is 0 Å². The molecule has 0 atom stereocenters. The maximum Gasteiger partial charge on any atom is 0.424 e. The van der Waals surface area contributed by atoms with E-state index in [1.807, 2.05) is 30.3 Å². The molecule has 0 saturated heterocycles. The highest BCUT2D eigenvalue weighted by atomic mass is 32.2. The molecular formula is C21H21NO6S. The number of hydrogen-bond acceptors (Lipinski definition) is 5. The third-order valence-electron chi connectivity index (χ3n) is 3.44. The van der Waals surface area contributed by atoms with Crippen molar-refractivity contribution in [2.75, 3.05) is 6.54 Å². The van der Waals surface area contributed by atoms with Crippen molar-refractivity contribution in [1.82, 2.24) is 4.31 Å². The van der Waals surface area contributed by atoms with Crippen LogP contribution in [0.2, 0.25) is 0 Å².